The van der Waals surface area contributed by atoms with Crippen molar-refractivity contribution in [2.24, 2.45) is 0 Å². The summed E-state index contributed by atoms with van der Waals surface area (Å²) in [7, 11) is 0. The number of halogens is 2. The topological polar surface area (TPSA) is 81.2 Å². The third-order valence-electron chi connectivity index (χ3n) is 4.45. The lowest BCUT2D eigenvalue weighted by Gasteiger charge is -2.11. The smallest absolute Gasteiger partial charge is 0.339 e. The van der Waals surface area contributed by atoms with Crippen LogP contribution >= 0.6 is 15.9 Å². The van der Waals surface area contributed by atoms with Gasteiger partial charge >= 0.3 is 5.97 Å². The van der Waals surface area contributed by atoms with Crippen molar-refractivity contribution >= 4 is 44.4 Å². The van der Waals surface area contributed by atoms with Crippen LogP contribution in [0, 0.1) is 5.82 Å². The van der Waals surface area contributed by atoms with Crippen molar-refractivity contribution in [2.75, 3.05) is 11.9 Å². The number of anilines is 1. The molecule has 0 unspecified atom stereocenters. The Balaban J connectivity index is 1.55. The van der Waals surface area contributed by atoms with Gasteiger partial charge in [-0.3, -0.25) is 9.78 Å². The predicted molar refractivity (Wildman–Crippen MR) is 118 cm³/mol. The Bertz CT molecular complexity index is 1280. The van der Waals surface area contributed by atoms with E-state index >= 15 is 0 Å². The van der Waals surface area contributed by atoms with Crippen molar-refractivity contribution in [1.82, 2.24) is 9.97 Å². The number of fused-ring (bicyclic) bond motifs is 1. The maximum Gasteiger partial charge on any atom is 0.339 e. The van der Waals surface area contributed by atoms with E-state index in [2.05, 4.69) is 31.2 Å². The molecular weight excluding hydrogens is 465 g/mol. The number of carbonyl (C=O) groups is 2. The number of nitrogens with zero attached hydrogens (tertiary/aromatic N) is 2. The second-order valence-electron chi connectivity index (χ2n) is 6.56. The highest BCUT2D eigenvalue weighted by Crippen LogP contribution is 2.25. The molecule has 0 saturated carbocycles. The first kappa shape index (κ1) is 20.6. The average molecular weight is 480 g/mol. The molecule has 4 rings (SSSR count). The number of para-hydroxylation sites is 1. The van der Waals surface area contributed by atoms with Gasteiger partial charge in [0.15, 0.2) is 6.61 Å². The second kappa shape index (κ2) is 9.01. The zero-order valence-corrected chi connectivity index (χ0v) is 17.6. The van der Waals surface area contributed by atoms with Gasteiger partial charge in [0.1, 0.15) is 5.82 Å². The normalized spacial score (nSPS) is 10.6. The van der Waals surface area contributed by atoms with Crippen molar-refractivity contribution in [3.8, 4) is 11.3 Å². The summed E-state index contributed by atoms with van der Waals surface area (Å²) in [6.45, 7) is -0.560. The van der Waals surface area contributed by atoms with Gasteiger partial charge in [-0.05, 0) is 42.5 Å². The fourth-order valence-electron chi connectivity index (χ4n) is 3.00. The summed E-state index contributed by atoms with van der Waals surface area (Å²) in [6.07, 6.45) is 3.27. The highest BCUT2D eigenvalue weighted by molar-refractivity contribution is 9.10. The predicted octanol–water partition coefficient (Wildman–Crippen LogP) is 4.99. The van der Waals surface area contributed by atoms with Crippen molar-refractivity contribution in [3.05, 3.63) is 88.9 Å². The van der Waals surface area contributed by atoms with Crippen LogP contribution in [0.25, 0.3) is 22.2 Å². The average Bonchev–Trinajstić information content (AvgIpc) is 2.79. The molecule has 0 spiro atoms. The van der Waals surface area contributed by atoms with Crippen LogP contribution in [0.3, 0.4) is 0 Å². The Morgan fingerprint density at radius 3 is 2.58 bits per heavy atom. The van der Waals surface area contributed by atoms with E-state index in [1.54, 1.807) is 54.9 Å². The van der Waals surface area contributed by atoms with Gasteiger partial charge in [-0.2, -0.15) is 0 Å². The minimum Gasteiger partial charge on any atom is -0.452 e. The van der Waals surface area contributed by atoms with Gasteiger partial charge in [0.25, 0.3) is 5.91 Å². The molecule has 154 valence electrons. The summed E-state index contributed by atoms with van der Waals surface area (Å²) in [5.41, 5.74) is 2.26. The number of esters is 1. The van der Waals surface area contributed by atoms with E-state index in [9.17, 15) is 14.0 Å². The zero-order chi connectivity index (χ0) is 21.8. The summed E-state index contributed by atoms with van der Waals surface area (Å²) in [5.74, 6) is -1.93. The molecule has 0 aliphatic heterocycles. The van der Waals surface area contributed by atoms with Gasteiger partial charge in [0, 0.05) is 27.8 Å². The minimum absolute atomic E-state index is 0.00131. The lowest BCUT2D eigenvalue weighted by atomic mass is 10.0. The van der Waals surface area contributed by atoms with E-state index in [-0.39, 0.29) is 11.3 Å². The molecule has 8 heteroatoms. The van der Waals surface area contributed by atoms with Gasteiger partial charge in [-0.1, -0.05) is 34.1 Å². The molecule has 2 aromatic carbocycles. The fourth-order valence-corrected chi connectivity index (χ4v) is 3.33. The van der Waals surface area contributed by atoms with E-state index in [0.29, 0.717) is 21.1 Å². The Hall–Kier alpha value is -3.65. The Morgan fingerprint density at radius 2 is 1.81 bits per heavy atom. The first-order chi connectivity index (χ1) is 15.0. The number of hydrogen-bond acceptors (Lipinski definition) is 5. The van der Waals surface area contributed by atoms with E-state index in [4.69, 9.17) is 4.74 Å². The molecule has 2 aromatic heterocycles. The molecule has 1 N–H and O–H groups in total. The highest BCUT2D eigenvalue weighted by atomic mass is 79.9. The van der Waals surface area contributed by atoms with Gasteiger partial charge in [-0.25, -0.2) is 14.2 Å². The van der Waals surface area contributed by atoms with Crippen molar-refractivity contribution in [2.45, 2.75) is 0 Å². The van der Waals surface area contributed by atoms with Crippen molar-refractivity contribution < 1.29 is 18.7 Å². The SMILES string of the molecule is O=C(COC(=O)c1cc(-c2ccncc2)nc2ccccc12)Nc1ccc(Br)cc1F. The van der Waals surface area contributed by atoms with Gasteiger partial charge < -0.3 is 10.1 Å². The number of hydrogen-bond donors (Lipinski definition) is 1. The molecule has 2 heterocycles. The van der Waals surface area contributed by atoms with E-state index in [0.717, 1.165) is 5.56 Å². The molecule has 0 aliphatic carbocycles. The summed E-state index contributed by atoms with van der Waals surface area (Å²) in [5, 5.41) is 2.99. The molecule has 0 atom stereocenters. The quantitative estimate of drug-likeness (QED) is 0.407. The highest BCUT2D eigenvalue weighted by Gasteiger charge is 2.17. The number of aromatic nitrogens is 2. The fraction of sp³-hybridized carbons (Fsp3) is 0.0435. The molecular formula is C23H15BrFN3O3. The number of ether oxygens (including phenoxy) is 1. The standard InChI is InChI=1S/C23H15BrFN3O3/c24-15-5-6-20(18(25)11-15)28-22(29)13-31-23(30)17-12-21(14-7-9-26-10-8-14)27-19-4-2-1-3-16(17)19/h1-12H,13H2,(H,28,29). The molecule has 1 amide bonds. The monoisotopic (exact) mass is 479 g/mol. The summed E-state index contributed by atoms with van der Waals surface area (Å²) < 4.78 is 19.6. The molecule has 0 radical (unpaired) electrons. The Labute approximate surface area is 185 Å². The third kappa shape index (κ3) is 4.75. The third-order valence-corrected chi connectivity index (χ3v) is 4.95. The van der Waals surface area contributed by atoms with E-state index < -0.39 is 24.3 Å². The summed E-state index contributed by atoms with van der Waals surface area (Å²) >= 11 is 3.15. The molecule has 0 saturated heterocycles. The first-order valence-corrected chi connectivity index (χ1v) is 10.0. The van der Waals surface area contributed by atoms with Crippen LogP contribution in [0.2, 0.25) is 0 Å². The lowest BCUT2D eigenvalue weighted by molar-refractivity contribution is -0.119. The number of rotatable bonds is 5. The number of carbonyl (C=O) groups excluding carboxylic acids is 2. The molecule has 0 aliphatic rings. The second-order valence-corrected chi connectivity index (χ2v) is 7.47. The van der Waals surface area contributed by atoms with Gasteiger partial charge in [-0.15, -0.1) is 0 Å². The zero-order valence-electron chi connectivity index (χ0n) is 16.0. The van der Waals surface area contributed by atoms with Crippen LogP contribution in [-0.2, 0) is 9.53 Å². The van der Waals surface area contributed by atoms with E-state index in [1.807, 2.05) is 6.07 Å². The molecule has 0 bridgehead atoms. The van der Waals surface area contributed by atoms with E-state index in [1.165, 1.54) is 12.1 Å². The molecule has 0 fully saturated rings. The number of benzene rings is 2. The number of nitrogens with one attached hydrogen (secondary N) is 1. The molecule has 4 aromatic rings. The lowest BCUT2D eigenvalue weighted by Crippen LogP contribution is -2.21. The molecule has 6 nitrogen and oxygen atoms in total. The Morgan fingerprint density at radius 1 is 1.03 bits per heavy atom. The van der Waals surface area contributed by atoms with Crippen LogP contribution in [-0.4, -0.2) is 28.5 Å². The largest absolute Gasteiger partial charge is 0.452 e. The number of amides is 1. The minimum atomic E-state index is -0.680. The summed E-state index contributed by atoms with van der Waals surface area (Å²) in [6, 6.07) is 16.6. The van der Waals surface area contributed by atoms with Crippen LogP contribution in [0.5, 0.6) is 0 Å². The van der Waals surface area contributed by atoms with Crippen LogP contribution in [0.15, 0.2) is 77.5 Å². The summed E-state index contributed by atoms with van der Waals surface area (Å²) in [4.78, 5) is 33.5. The maximum absolute atomic E-state index is 13.9. The Kier molecular flexibility index (Phi) is 5.99. The van der Waals surface area contributed by atoms with Crippen molar-refractivity contribution in [1.29, 1.82) is 0 Å². The van der Waals surface area contributed by atoms with Gasteiger partial charge in [0.2, 0.25) is 0 Å². The van der Waals surface area contributed by atoms with Crippen molar-refractivity contribution in [3.63, 3.8) is 0 Å². The molecule has 31 heavy (non-hydrogen) atoms. The first-order valence-electron chi connectivity index (χ1n) is 9.23. The number of pyridine rings is 2. The van der Waals surface area contributed by atoms with Crippen LogP contribution < -0.4 is 5.32 Å². The maximum atomic E-state index is 13.9. The van der Waals surface area contributed by atoms with Crippen LogP contribution in [0.4, 0.5) is 10.1 Å². The van der Waals surface area contributed by atoms with Crippen LogP contribution in [0.1, 0.15) is 10.4 Å². The van der Waals surface area contributed by atoms with Gasteiger partial charge in [0.05, 0.1) is 22.5 Å².